The van der Waals surface area contributed by atoms with Gasteiger partial charge in [-0.2, -0.15) is 4.98 Å². The molecule has 0 atom stereocenters. The highest BCUT2D eigenvalue weighted by Crippen LogP contribution is 2.26. The lowest BCUT2D eigenvalue weighted by Gasteiger charge is -2.31. The first-order chi connectivity index (χ1) is 13.7. The van der Waals surface area contributed by atoms with Crippen molar-refractivity contribution in [3.63, 3.8) is 0 Å². The van der Waals surface area contributed by atoms with Crippen LogP contribution in [0, 0.1) is 12.8 Å². The van der Waals surface area contributed by atoms with Crippen molar-refractivity contribution in [2.75, 3.05) is 23.3 Å². The van der Waals surface area contributed by atoms with E-state index in [-0.39, 0.29) is 0 Å². The number of ether oxygens (including phenoxy) is 1. The van der Waals surface area contributed by atoms with Gasteiger partial charge in [0.25, 0.3) is 0 Å². The largest absolute Gasteiger partial charge is 0.457 e. The SMILES string of the molecule is Cc1cc(N2CCC(C)CC2)nc(Nc2ccc(Oc3ccccc3)cc2)n1. The molecule has 5 heteroatoms. The van der Waals surface area contributed by atoms with Gasteiger partial charge >= 0.3 is 0 Å². The first-order valence-electron chi connectivity index (χ1n) is 9.86. The number of hydrogen-bond acceptors (Lipinski definition) is 5. The molecule has 0 saturated carbocycles. The summed E-state index contributed by atoms with van der Waals surface area (Å²) in [6.07, 6.45) is 2.43. The third kappa shape index (κ3) is 4.60. The molecule has 0 radical (unpaired) electrons. The van der Waals surface area contributed by atoms with E-state index in [1.807, 2.05) is 61.5 Å². The van der Waals surface area contributed by atoms with Crippen LogP contribution in [0.3, 0.4) is 0 Å². The maximum absolute atomic E-state index is 5.84. The standard InChI is InChI=1S/C23H26N4O/c1-17-12-14-27(15-13-17)22-16-18(2)24-23(26-22)25-19-8-10-21(11-9-19)28-20-6-4-3-5-7-20/h3-11,16-17H,12-15H2,1-2H3,(H,24,25,26). The van der Waals surface area contributed by atoms with E-state index in [4.69, 9.17) is 9.72 Å². The summed E-state index contributed by atoms with van der Waals surface area (Å²) in [7, 11) is 0. The maximum Gasteiger partial charge on any atom is 0.229 e. The average Bonchev–Trinajstić information content (AvgIpc) is 2.70. The molecule has 0 unspecified atom stereocenters. The Labute approximate surface area is 166 Å². The molecule has 2 aromatic carbocycles. The third-order valence-corrected chi connectivity index (χ3v) is 5.04. The lowest BCUT2D eigenvalue weighted by Crippen LogP contribution is -2.33. The highest BCUT2D eigenvalue weighted by Gasteiger charge is 2.18. The van der Waals surface area contributed by atoms with Crippen LogP contribution in [0.1, 0.15) is 25.5 Å². The average molecular weight is 374 g/mol. The molecule has 1 fully saturated rings. The van der Waals surface area contributed by atoms with E-state index < -0.39 is 0 Å². The summed E-state index contributed by atoms with van der Waals surface area (Å²) in [6.45, 7) is 6.45. The fourth-order valence-corrected chi connectivity index (χ4v) is 3.37. The fraction of sp³-hybridized carbons (Fsp3) is 0.304. The number of piperidine rings is 1. The first kappa shape index (κ1) is 18.3. The topological polar surface area (TPSA) is 50.3 Å². The molecule has 4 rings (SSSR count). The van der Waals surface area contributed by atoms with E-state index in [1.54, 1.807) is 0 Å². The van der Waals surface area contributed by atoms with E-state index >= 15 is 0 Å². The summed E-state index contributed by atoms with van der Waals surface area (Å²) in [5.41, 5.74) is 1.90. The van der Waals surface area contributed by atoms with Gasteiger partial charge in [-0.3, -0.25) is 0 Å². The lowest BCUT2D eigenvalue weighted by atomic mass is 9.99. The van der Waals surface area contributed by atoms with Crippen molar-refractivity contribution in [2.45, 2.75) is 26.7 Å². The highest BCUT2D eigenvalue weighted by molar-refractivity contribution is 5.57. The maximum atomic E-state index is 5.84. The number of hydrogen-bond donors (Lipinski definition) is 1. The Hall–Kier alpha value is -3.08. The zero-order valence-electron chi connectivity index (χ0n) is 16.4. The molecular weight excluding hydrogens is 348 g/mol. The molecule has 1 aliphatic heterocycles. The summed E-state index contributed by atoms with van der Waals surface area (Å²) in [5.74, 6) is 4.06. The van der Waals surface area contributed by atoms with E-state index in [0.29, 0.717) is 5.95 Å². The van der Waals surface area contributed by atoms with Crippen LogP contribution in [0.25, 0.3) is 0 Å². The minimum atomic E-state index is 0.630. The predicted octanol–water partition coefficient (Wildman–Crippen LogP) is 5.56. The molecule has 2 heterocycles. The van der Waals surface area contributed by atoms with Crippen molar-refractivity contribution in [2.24, 2.45) is 5.92 Å². The fourth-order valence-electron chi connectivity index (χ4n) is 3.37. The van der Waals surface area contributed by atoms with Gasteiger partial charge in [0.2, 0.25) is 5.95 Å². The highest BCUT2D eigenvalue weighted by atomic mass is 16.5. The molecule has 28 heavy (non-hydrogen) atoms. The zero-order chi connectivity index (χ0) is 19.3. The van der Waals surface area contributed by atoms with Gasteiger partial charge in [0.15, 0.2) is 0 Å². The molecule has 1 saturated heterocycles. The lowest BCUT2D eigenvalue weighted by molar-refractivity contribution is 0.436. The van der Waals surface area contributed by atoms with Crippen molar-refractivity contribution >= 4 is 17.5 Å². The van der Waals surface area contributed by atoms with Crippen LogP contribution in [0.2, 0.25) is 0 Å². The Bertz CT molecular complexity index is 904. The van der Waals surface area contributed by atoms with Gasteiger partial charge in [0, 0.05) is 30.5 Å². The first-order valence-corrected chi connectivity index (χ1v) is 9.86. The molecule has 0 aliphatic carbocycles. The van der Waals surface area contributed by atoms with Crippen LogP contribution in [0.15, 0.2) is 60.7 Å². The van der Waals surface area contributed by atoms with Gasteiger partial charge in [-0.25, -0.2) is 4.98 Å². The number of rotatable bonds is 5. The molecule has 0 amide bonds. The number of aryl methyl sites for hydroxylation is 1. The van der Waals surface area contributed by atoms with Crippen molar-refractivity contribution in [1.82, 2.24) is 9.97 Å². The quantitative estimate of drug-likeness (QED) is 0.634. The number of nitrogens with zero attached hydrogens (tertiary/aromatic N) is 3. The van der Waals surface area contributed by atoms with Gasteiger partial charge in [-0.1, -0.05) is 25.1 Å². The van der Waals surface area contributed by atoms with Crippen LogP contribution in [0.4, 0.5) is 17.5 Å². The number of benzene rings is 2. The van der Waals surface area contributed by atoms with Crippen molar-refractivity contribution in [3.8, 4) is 11.5 Å². The van der Waals surface area contributed by atoms with Crippen LogP contribution >= 0.6 is 0 Å². The Balaban J connectivity index is 1.45. The summed E-state index contributed by atoms with van der Waals surface area (Å²) >= 11 is 0. The van der Waals surface area contributed by atoms with Gasteiger partial charge in [-0.15, -0.1) is 0 Å². The summed E-state index contributed by atoms with van der Waals surface area (Å²) in [5, 5.41) is 3.32. The summed E-state index contributed by atoms with van der Waals surface area (Å²) in [4.78, 5) is 11.6. The molecule has 1 aromatic heterocycles. The number of para-hydroxylation sites is 1. The van der Waals surface area contributed by atoms with Crippen LogP contribution in [-0.2, 0) is 0 Å². The van der Waals surface area contributed by atoms with E-state index in [1.165, 1.54) is 12.8 Å². The third-order valence-electron chi connectivity index (χ3n) is 5.04. The van der Waals surface area contributed by atoms with Crippen molar-refractivity contribution in [1.29, 1.82) is 0 Å². The van der Waals surface area contributed by atoms with E-state index in [9.17, 15) is 0 Å². The van der Waals surface area contributed by atoms with Crippen LogP contribution in [-0.4, -0.2) is 23.1 Å². The Morgan fingerprint density at radius 2 is 1.61 bits per heavy atom. The van der Waals surface area contributed by atoms with Crippen molar-refractivity contribution < 1.29 is 4.74 Å². The molecule has 1 aliphatic rings. The minimum Gasteiger partial charge on any atom is -0.457 e. The van der Waals surface area contributed by atoms with Crippen LogP contribution < -0.4 is 15.0 Å². The second kappa shape index (κ2) is 8.30. The molecule has 5 nitrogen and oxygen atoms in total. The minimum absolute atomic E-state index is 0.630. The monoisotopic (exact) mass is 374 g/mol. The number of anilines is 3. The molecular formula is C23H26N4O. The van der Waals surface area contributed by atoms with Gasteiger partial charge in [-0.05, 0) is 62.1 Å². The molecule has 0 bridgehead atoms. The van der Waals surface area contributed by atoms with E-state index in [0.717, 1.165) is 47.7 Å². The molecule has 0 spiro atoms. The van der Waals surface area contributed by atoms with Gasteiger partial charge < -0.3 is 15.0 Å². The summed E-state index contributed by atoms with van der Waals surface area (Å²) < 4.78 is 5.84. The second-order valence-electron chi connectivity index (χ2n) is 7.43. The predicted molar refractivity (Wildman–Crippen MR) is 114 cm³/mol. The smallest absolute Gasteiger partial charge is 0.229 e. The Morgan fingerprint density at radius 1 is 0.929 bits per heavy atom. The molecule has 3 aromatic rings. The molecule has 1 N–H and O–H groups in total. The van der Waals surface area contributed by atoms with Gasteiger partial charge in [0.05, 0.1) is 0 Å². The zero-order valence-corrected chi connectivity index (χ0v) is 16.4. The molecule has 144 valence electrons. The van der Waals surface area contributed by atoms with Crippen LogP contribution in [0.5, 0.6) is 11.5 Å². The van der Waals surface area contributed by atoms with Crippen molar-refractivity contribution in [3.05, 3.63) is 66.4 Å². The number of aromatic nitrogens is 2. The Morgan fingerprint density at radius 3 is 2.32 bits per heavy atom. The van der Waals surface area contributed by atoms with E-state index in [2.05, 4.69) is 28.2 Å². The summed E-state index contributed by atoms with van der Waals surface area (Å²) in [6, 6.07) is 19.7. The Kier molecular flexibility index (Phi) is 5.42. The number of nitrogens with one attached hydrogen (secondary N) is 1. The van der Waals surface area contributed by atoms with Gasteiger partial charge in [0.1, 0.15) is 17.3 Å². The second-order valence-corrected chi connectivity index (χ2v) is 7.43. The normalized spacial score (nSPS) is 14.7.